The van der Waals surface area contributed by atoms with Crippen molar-refractivity contribution in [3.8, 4) is 0 Å². The number of carbonyl (C=O) groups is 2. The van der Waals surface area contributed by atoms with E-state index in [1.807, 2.05) is 0 Å². The van der Waals surface area contributed by atoms with E-state index < -0.39 is 5.97 Å². The third-order valence-corrected chi connectivity index (χ3v) is 4.12. The first-order valence-electron chi connectivity index (χ1n) is 7.22. The molecule has 1 aliphatic carbocycles. The molecule has 0 saturated heterocycles. The molecule has 6 heteroatoms. The molecule has 0 spiro atoms. The zero-order valence-corrected chi connectivity index (χ0v) is 11.8. The van der Waals surface area contributed by atoms with Gasteiger partial charge in [0.1, 0.15) is 0 Å². The Labute approximate surface area is 126 Å². The SMILES string of the molecule is O=C(O)c1ccc2c(c1)CN(C(=O)c1cnc(C3CC3)o1)C2. The summed E-state index contributed by atoms with van der Waals surface area (Å²) in [6.07, 6.45) is 3.63. The van der Waals surface area contributed by atoms with Gasteiger partial charge in [-0.25, -0.2) is 9.78 Å². The molecule has 1 amide bonds. The minimum absolute atomic E-state index is 0.201. The number of oxazole rings is 1. The maximum Gasteiger partial charge on any atom is 0.335 e. The van der Waals surface area contributed by atoms with Crippen molar-refractivity contribution in [2.75, 3.05) is 0 Å². The van der Waals surface area contributed by atoms with Gasteiger partial charge >= 0.3 is 5.97 Å². The molecule has 1 N–H and O–H groups in total. The van der Waals surface area contributed by atoms with Crippen molar-refractivity contribution in [2.45, 2.75) is 31.8 Å². The number of hydrogen-bond acceptors (Lipinski definition) is 4. The molecule has 1 aromatic heterocycles. The predicted molar refractivity (Wildman–Crippen MR) is 75.5 cm³/mol. The topological polar surface area (TPSA) is 83.6 Å². The van der Waals surface area contributed by atoms with E-state index in [2.05, 4.69) is 4.98 Å². The van der Waals surface area contributed by atoms with Crippen LogP contribution in [0.15, 0.2) is 28.8 Å². The van der Waals surface area contributed by atoms with Crippen molar-refractivity contribution in [1.82, 2.24) is 9.88 Å². The lowest BCUT2D eigenvalue weighted by atomic mass is 10.1. The summed E-state index contributed by atoms with van der Waals surface area (Å²) in [7, 11) is 0. The predicted octanol–water partition coefficient (Wildman–Crippen LogP) is 2.41. The second kappa shape index (κ2) is 4.69. The number of fused-ring (bicyclic) bond motifs is 1. The van der Waals surface area contributed by atoms with E-state index >= 15 is 0 Å². The Morgan fingerprint density at radius 1 is 1.23 bits per heavy atom. The molecular formula is C16H14N2O4. The fourth-order valence-electron chi connectivity index (χ4n) is 2.73. The van der Waals surface area contributed by atoms with Crippen molar-refractivity contribution in [3.05, 3.63) is 52.7 Å². The molecule has 0 bridgehead atoms. The van der Waals surface area contributed by atoms with Crippen LogP contribution in [0.4, 0.5) is 0 Å². The number of rotatable bonds is 3. The second-order valence-corrected chi connectivity index (χ2v) is 5.79. The molecule has 0 atom stereocenters. The lowest BCUT2D eigenvalue weighted by molar-refractivity contribution is 0.0695. The van der Waals surface area contributed by atoms with Crippen LogP contribution in [0.3, 0.4) is 0 Å². The summed E-state index contributed by atoms with van der Waals surface area (Å²) in [4.78, 5) is 29.3. The molecule has 0 unspecified atom stereocenters. The third kappa shape index (κ3) is 2.16. The van der Waals surface area contributed by atoms with Crippen molar-refractivity contribution in [3.63, 3.8) is 0 Å². The second-order valence-electron chi connectivity index (χ2n) is 5.79. The Kier molecular flexibility index (Phi) is 2.79. The highest BCUT2D eigenvalue weighted by Gasteiger charge is 2.31. The highest BCUT2D eigenvalue weighted by molar-refractivity contribution is 5.92. The number of aromatic carboxylic acids is 1. The molecule has 1 aliphatic heterocycles. The summed E-state index contributed by atoms with van der Waals surface area (Å²) >= 11 is 0. The fraction of sp³-hybridized carbons (Fsp3) is 0.312. The van der Waals surface area contributed by atoms with Crippen molar-refractivity contribution >= 4 is 11.9 Å². The van der Waals surface area contributed by atoms with Gasteiger partial charge < -0.3 is 14.4 Å². The summed E-state index contributed by atoms with van der Waals surface area (Å²) in [5.41, 5.74) is 2.08. The standard InChI is InChI=1S/C16H14N2O4/c19-15(13-6-17-14(22-13)9-1-2-9)18-7-11-4-3-10(16(20)21)5-12(11)8-18/h3-6,9H,1-2,7-8H2,(H,20,21). The van der Waals surface area contributed by atoms with E-state index in [1.165, 1.54) is 6.20 Å². The number of carbonyl (C=O) groups excluding carboxylic acids is 1. The van der Waals surface area contributed by atoms with Crippen molar-refractivity contribution in [2.24, 2.45) is 0 Å². The summed E-state index contributed by atoms with van der Waals surface area (Å²) in [6.45, 7) is 0.863. The van der Waals surface area contributed by atoms with E-state index in [1.54, 1.807) is 23.1 Å². The Balaban J connectivity index is 1.54. The van der Waals surface area contributed by atoms with E-state index in [-0.39, 0.29) is 17.2 Å². The van der Waals surface area contributed by atoms with Gasteiger partial charge in [-0.1, -0.05) is 6.07 Å². The van der Waals surface area contributed by atoms with Crippen molar-refractivity contribution in [1.29, 1.82) is 0 Å². The number of aromatic nitrogens is 1. The number of carboxylic acids is 1. The average Bonchev–Trinajstić information content (AvgIpc) is 3.10. The van der Waals surface area contributed by atoms with E-state index in [9.17, 15) is 9.59 Å². The Morgan fingerprint density at radius 3 is 2.73 bits per heavy atom. The molecule has 1 fully saturated rings. The summed E-state index contributed by atoms with van der Waals surface area (Å²) in [5, 5.41) is 9.03. The van der Waals surface area contributed by atoms with Crippen LogP contribution in [-0.2, 0) is 13.1 Å². The zero-order valence-electron chi connectivity index (χ0n) is 11.8. The van der Waals surface area contributed by atoms with Crippen LogP contribution in [0.25, 0.3) is 0 Å². The molecule has 22 heavy (non-hydrogen) atoms. The monoisotopic (exact) mass is 298 g/mol. The van der Waals surface area contributed by atoms with Crippen LogP contribution in [0.2, 0.25) is 0 Å². The lowest BCUT2D eigenvalue weighted by Gasteiger charge is -2.12. The van der Waals surface area contributed by atoms with Gasteiger partial charge in [0.2, 0.25) is 5.76 Å². The van der Waals surface area contributed by atoms with Crippen LogP contribution in [0.5, 0.6) is 0 Å². The molecule has 2 aliphatic rings. The van der Waals surface area contributed by atoms with Crippen LogP contribution >= 0.6 is 0 Å². The zero-order chi connectivity index (χ0) is 15.3. The molecule has 4 rings (SSSR count). The molecule has 0 radical (unpaired) electrons. The number of nitrogens with zero attached hydrogens (tertiary/aromatic N) is 2. The third-order valence-electron chi connectivity index (χ3n) is 4.12. The van der Waals surface area contributed by atoms with Gasteiger partial charge in [-0.2, -0.15) is 0 Å². The van der Waals surface area contributed by atoms with Gasteiger partial charge in [-0.15, -0.1) is 0 Å². The normalized spacial score (nSPS) is 16.6. The quantitative estimate of drug-likeness (QED) is 0.940. The van der Waals surface area contributed by atoms with Crippen molar-refractivity contribution < 1.29 is 19.1 Å². The molecule has 6 nitrogen and oxygen atoms in total. The number of amides is 1. The minimum atomic E-state index is -0.961. The van der Waals surface area contributed by atoms with Crippen LogP contribution < -0.4 is 0 Å². The first-order chi connectivity index (χ1) is 10.6. The van der Waals surface area contributed by atoms with Gasteiger partial charge in [0.15, 0.2) is 5.89 Å². The highest BCUT2D eigenvalue weighted by Crippen LogP contribution is 2.39. The molecule has 112 valence electrons. The molecule has 1 saturated carbocycles. The molecular weight excluding hydrogens is 284 g/mol. The highest BCUT2D eigenvalue weighted by atomic mass is 16.4. The van der Waals surface area contributed by atoms with Gasteiger partial charge in [-0.3, -0.25) is 4.79 Å². The first-order valence-corrected chi connectivity index (χ1v) is 7.22. The van der Waals surface area contributed by atoms with Crippen LogP contribution in [0, 0.1) is 0 Å². The van der Waals surface area contributed by atoms with Crippen LogP contribution in [-0.4, -0.2) is 26.9 Å². The van der Waals surface area contributed by atoms with Gasteiger partial charge in [0.05, 0.1) is 11.8 Å². The number of benzene rings is 1. The molecule has 1 aromatic carbocycles. The maximum atomic E-state index is 12.5. The van der Waals surface area contributed by atoms with Crippen LogP contribution in [0.1, 0.15) is 56.7 Å². The smallest absolute Gasteiger partial charge is 0.335 e. The largest absolute Gasteiger partial charge is 0.478 e. The number of carboxylic acid groups (broad SMARTS) is 1. The Hall–Kier alpha value is -2.63. The summed E-state index contributed by atoms with van der Waals surface area (Å²) in [5.74, 6) is 0.112. The average molecular weight is 298 g/mol. The lowest BCUT2D eigenvalue weighted by Crippen LogP contribution is -2.24. The fourth-order valence-corrected chi connectivity index (χ4v) is 2.73. The summed E-state index contributed by atoms with van der Waals surface area (Å²) in [6, 6.07) is 4.96. The molecule has 2 heterocycles. The summed E-state index contributed by atoms with van der Waals surface area (Å²) < 4.78 is 5.55. The van der Waals surface area contributed by atoms with E-state index in [4.69, 9.17) is 9.52 Å². The van der Waals surface area contributed by atoms with Gasteiger partial charge in [-0.05, 0) is 36.1 Å². The van der Waals surface area contributed by atoms with E-state index in [0.717, 1.165) is 24.0 Å². The van der Waals surface area contributed by atoms with Gasteiger partial charge in [0.25, 0.3) is 5.91 Å². The van der Waals surface area contributed by atoms with Gasteiger partial charge in [0, 0.05) is 19.0 Å². The Morgan fingerprint density at radius 2 is 2.00 bits per heavy atom. The molecule has 2 aromatic rings. The first kappa shape index (κ1) is 13.1. The van der Waals surface area contributed by atoms with E-state index in [0.29, 0.717) is 24.9 Å². The maximum absolute atomic E-state index is 12.5. The Bertz CT molecular complexity index is 776. The minimum Gasteiger partial charge on any atom is -0.478 e. The number of hydrogen-bond donors (Lipinski definition) is 1.